The Kier molecular flexibility index (Phi) is 5.15. The number of nitrogens with zero attached hydrogens (tertiary/aromatic N) is 2. The molecule has 0 bridgehead atoms. The van der Waals surface area contributed by atoms with Crippen LogP contribution in [0.1, 0.15) is 28.8 Å². The number of ether oxygens (including phenoxy) is 2. The average molecular weight is 344 g/mol. The maximum Gasteiger partial charge on any atom is 0.340 e. The molecule has 0 spiro atoms. The molecule has 0 amide bonds. The van der Waals surface area contributed by atoms with Crippen LogP contribution in [0.15, 0.2) is 40.7 Å². The van der Waals surface area contributed by atoms with E-state index in [0.717, 1.165) is 42.5 Å². The van der Waals surface area contributed by atoms with E-state index < -0.39 is 0 Å². The molecule has 0 saturated carbocycles. The van der Waals surface area contributed by atoms with Crippen molar-refractivity contribution in [2.24, 2.45) is 4.99 Å². The van der Waals surface area contributed by atoms with Gasteiger partial charge in [0.2, 0.25) is 0 Å². The second-order valence-electron chi connectivity index (χ2n) is 5.53. The predicted molar refractivity (Wildman–Crippen MR) is 95.4 cm³/mol. The topological polar surface area (TPSA) is 51.1 Å². The van der Waals surface area contributed by atoms with E-state index in [-0.39, 0.29) is 5.97 Å². The van der Waals surface area contributed by atoms with Gasteiger partial charge in [-0.2, -0.15) is 0 Å². The molecule has 1 aromatic carbocycles. The largest absolute Gasteiger partial charge is 0.497 e. The van der Waals surface area contributed by atoms with Crippen LogP contribution in [0.25, 0.3) is 0 Å². The summed E-state index contributed by atoms with van der Waals surface area (Å²) in [6.07, 6.45) is 2.00. The number of methoxy groups -OCH3 is 2. The first-order valence-electron chi connectivity index (χ1n) is 7.82. The molecule has 1 aromatic heterocycles. The summed E-state index contributed by atoms with van der Waals surface area (Å²) < 4.78 is 10.0. The molecule has 2 aromatic rings. The summed E-state index contributed by atoms with van der Waals surface area (Å²) in [5.74, 6) is 1.55. The van der Waals surface area contributed by atoms with E-state index in [1.54, 1.807) is 13.2 Å². The quantitative estimate of drug-likeness (QED) is 0.773. The zero-order chi connectivity index (χ0) is 16.9. The Labute approximate surface area is 145 Å². The number of carbonyl (C=O) groups is 1. The normalized spacial score (nSPS) is 15.8. The Hall–Kier alpha value is -2.34. The van der Waals surface area contributed by atoms with Crippen LogP contribution in [0, 0.1) is 0 Å². The van der Waals surface area contributed by atoms with Crippen molar-refractivity contribution in [3.63, 3.8) is 0 Å². The molecule has 1 saturated heterocycles. The zero-order valence-electron chi connectivity index (χ0n) is 13.8. The number of carbonyl (C=O) groups excluding carboxylic acids is 1. The molecule has 6 heteroatoms. The third-order valence-corrected chi connectivity index (χ3v) is 4.81. The lowest BCUT2D eigenvalue weighted by atomic mass is 10.2. The first kappa shape index (κ1) is 16.5. The smallest absolute Gasteiger partial charge is 0.340 e. The maximum atomic E-state index is 11.8. The summed E-state index contributed by atoms with van der Waals surface area (Å²) in [6, 6.07) is 9.84. The lowest BCUT2D eigenvalue weighted by molar-refractivity contribution is 0.0602. The second-order valence-corrected chi connectivity index (χ2v) is 6.43. The van der Waals surface area contributed by atoms with Gasteiger partial charge in [-0.3, -0.25) is 0 Å². The van der Waals surface area contributed by atoms with Gasteiger partial charge >= 0.3 is 5.97 Å². The van der Waals surface area contributed by atoms with Crippen molar-refractivity contribution in [2.45, 2.75) is 19.4 Å². The fourth-order valence-electron chi connectivity index (χ4n) is 2.73. The van der Waals surface area contributed by atoms with Gasteiger partial charge in [-0.05, 0) is 35.6 Å². The molecule has 1 aliphatic rings. The van der Waals surface area contributed by atoms with Crippen molar-refractivity contribution >= 4 is 28.1 Å². The second kappa shape index (κ2) is 7.49. The van der Waals surface area contributed by atoms with E-state index in [0.29, 0.717) is 5.56 Å². The average Bonchev–Trinajstić information content (AvgIpc) is 3.25. The van der Waals surface area contributed by atoms with Crippen LogP contribution in [0.3, 0.4) is 0 Å². The first-order valence-corrected chi connectivity index (χ1v) is 8.70. The van der Waals surface area contributed by atoms with Crippen LogP contribution < -0.4 is 4.74 Å². The van der Waals surface area contributed by atoms with Crippen LogP contribution in [-0.2, 0) is 11.3 Å². The molecule has 0 aliphatic carbocycles. The molecule has 3 rings (SSSR count). The number of amidine groups is 1. The number of thiophene rings is 1. The van der Waals surface area contributed by atoms with E-state index >= 15 is 0 Å². The maximum absolute atomic E-state index is 11.8. The number of likely N-dealkylation sites (tertiary alicyclic amines) is 1. The van der Waals surface area contributed by atoms with Gasteiger partial charge in [-0.1, -0.05) is 12.1 Å². The Balaban J connectivity index is 1.77. The van der Waals surface area contributed by atoms with Gasteiger partial charge in [0.1, 0.15) is 16.6 Å². The van der Waals surface area contributed by atoms with E-state index in [9.17, 15) is 4.79 Å². The molecule has 0 radical (unpaired) electrons. The fourth-order valence-corrected chi connectivity index (χ4v) is 3.50. The number of esters is 1. The number of aliphatic imine (C=N–C) groups is 1. The number of benzene rings is 1. The molecule has 126 valence electrons. The van der Waals surface area contributed by atoms with Gasteiger partial charge < -0.3 is 14.4 Å². The van der Waals surface area contributed by atoms with Gasteiger partial charge in [0.05, 0.1) is 19.8 Å². The molecule has 1 fully saturated rings. The monoisotopic (exact) mass is 344 g/mol. The van der Waals surface area contributed by atoms with Crippen LogP contribution in [0.2, 0.25) is 0 Å². The van der Waals surface area contributed by atoms with Gasteiger partial charge in [-0.15, -0.1) is 11.3 Å². The Morgan fingerprint density at radius 1 is 1.25 bits per heavy atom. The molecule has 0 N–H and O–H groups in total. The summed E-state index contributed by atoms with van der Waals surface area (Å²) in [5.41, 5.74) is 1.75. The van der Waals surface area contributed by atoms with Crippen molar-refractivity contribution in [3.05, 3.63) is 46.8 Å². The number of hydrogen-bond donors (Lipinski definition) is 0. The van der Waals surface area contributed by atoms with Crippen LogP contribution in [0.5, 0.6) is 5.75 Å². The standard InChI is InChI=1S/C18H20N2O3S/c1-22-14-7-5-13(6-8-14)12-20-10-3-4-16(20)19-17-15(9-11-24-17)18(21)23-2/h5-9,11H,3-4,10,12H2,1-2H3/b19-16+. The minimum absolute atomic E-state index is 0.338. The highest BCUT2D eigenvalue weighted by Crippen LogP contribution is 2.29. The van der Waals surface area contributed by atoms with E-state index in [1.165, 1.54) is 24.0 Å². The summed E-state index contributed by atoms with van der Waals surface area (Å²) >= 11 is 1.46. The molecule has 5 nitrogen and oxygen atoms in total. The summed E-state index contributed by atoms with van der Waals surface area (Å²) in [5, 5.41) is 2.59. The summed E-state index contributed by atoms with van der Waals surface area (Å²) in [7, 11) is 3.06. The fraction of sp³-hybridized carbons (Fsp3) is 0.333. The Bertz CT molecular complexity index is 737. The molecular formula is C18H20N2O3S. The molecule has 24 heavy (non-hydrogen) atoms. The van der Waals surface area contributed by atoms with Gasteiger partial charge in [0, 0.05) is 19.5 Å². The van der Waals surface area contributed by atoms with Crippen molar-refractivity contribution in [1.82, 2.24) is 4.90 Å². The third kappa shape index (κ3) is 3.59. The number of rotatable bonds is 5. The lowest BCUT2D eigenvalue weighted by Crippen LogP contribution is -2.24. The molecule has 0 unspecified atom stereocenters. The van der Waals surface area contributed by atoms with Crippen molar-refractivity contribution in [3.8, 4) is 5.75 Å². The molecule has 1 aliphatic heterocycles. The SMILES string of the molecule is COC(=O)c1ccsc1/N=C1\CCCN1Cc1ccc(OC)cc1. The lowest BCUT2D eigenvalue weighted by Gasteiger charge is -2.19. The van der Waals surface area contributed by atoms with Crippen LogP contribution in [-0.4, -0.2) is 37.5 Å². The molecule has 2 heterocycles. The van der Waals surface area contributed by atoms with E-state index in [2.05, 4.69) is 17.0 Å². The van der Waals surface area contributed by atoms with Gasteiger partial charge in [0.25, 0.3) is 0 Å². The van der Waals surface area contributed by atoms with Gasteiger partial charge in [-0.25, -0.2) is 9.79 Å². The van der Waals surface area contributed by atoms with Crippen LogP contribution >= 0.6 is 11.3 Å². The third-order valence-electron chi connectivity index (χ3n) is 4.01. The van der Waals surface area contributed by atoms with Crippen molar-refractivity contribution in [2.75, 3.05) is 20.8 Å². The Morgan fingerprint density at radius 3 is 2.75 bits per heavy atom. The highest BCUT2D eigenvalue weighted by Gasteiger charge is 2.21. The highest BCUT2D eigenvalue weighted by atomic mass is 32.1. The van der Waals surface area contributed by atoms with Crippen molar-refractivity contribution in [1.29, 1.82) is 0 Å². The zero-order valence-corrected chi connectivity index (χ0v) is 14.6. The minimum atomic E-state index is -0.338. The number of hydrogen-bond acceptors (Lipinski definition) is 5. The highest BCUT2D eigenvalue weighted by molar-refractivity contribution is 7.14. The Morgan fingerprint density at radius 2 is 2.04 bits per heavy atom. The van der Waals surface area contributed by atoms with Gasteiger partial charge in [0.15, 0.2) is 0 Å². The predicted octanol–water partition coefficient (Wildman–Crippen LogP) is 3.87. The van der Waals surface area contributed by atoms with Crippen molar-refractivity contribution < 1.29 is 14.3 Å². The van der Waals surface area contributed by atoms with E-state index in [1.807, 2.05) is 17.5 Å². The van der Waals surface area contributed by atoms with Crippen LogP contribution in [0.4, 0.5) is 5.00 Å². The molecular weight excluding hydrogens is 324 g/mol. The minimum Gasteiger partial charge on any atom is -0.497 e. The molecule has 0 atom stereocenters. The first-order chi connectivity index (χ1) is 11.7. The summed E-state index contributed by atoms with van der Waals surface area (Å²) in [6.45, 7) is 1.78. The summed E-state index contributed by atoms with van der Waals surface area (Å²) in [4.78, 5) is 18.8. The van der Waals surface area contributed by atoms with E-state index in [4.69, 9.17) is 14.5 Å².